The van der Waals surface area contributed by atoms with Crippen molar-refractivity contribution in [3.63, 3.8) is 0 Å². The van der Waals surface area contributed by atoms with Gasteiger partial charge in [0.05, 0.1) is 5.02 Å². The van der Waals surface area contributed by atoms with Gasteiger partial charge in [0.15, 0.2) is 6.61 Å². The fraction of sp³-hybridized carbons (Fsp3) is 0.364. The van der Waals surface area contributed by atoms with Gasteiger partial charge in [-0.3, -0.25) is 9.59 Å². The maximum Gasteiger partial charge on any atom is 0.261 e. The number of carbonyl (C=O) groups is 2. The van der Waals surface area contributed by atoms with Crippen molar-refractivity contribution in [2.45, 2.75) is 33.4 Å². The minimum Gasteiger partial charge on any atom is -0.482 e. The van der Waals surface area contributed by atoms with Gasteiger partial charge in [0, 0.05) is 18.1 Å². The lowest BCUT2D eigenvalue weighted by molar-refractivity contribution is -0.142. The molecule has 2 amide bonds. The van der Waals surface area contributed by atoms with Gasteiger partial charge in [0.25, 0.3) is 5.91 Å². The van der Waals surface area contributed by atoms with Gasteiger partial charge >= 0.3 is 0 Å². The van der Waals surface area contributed by atoms with E-state index in [1.165, 1.54) is 23.1 Å². The molecule has 5 nitrogen and oxygen atoms in total. The summed E-state index contributed by atoms with van der Waals surface area (Å²) < 4.78 is 18.8. The quantitative estimate of drug-likeness (QED) is 0.597. The van der Waals surface area contributed by atoms with Crippen molar-refractivity contribution in [1.29, 1.82) is 0 Å². The number of hydrogen-bond donors (Lipinski definition) is 1. The van der Waals surface area contributed by atoms with Crippen LogP contribution in [0, 0.1) is 11.7 Å². The Hall–Kier alpha value is -2.31. The predicted molar refractivity (Wildman–Crippen MR) is 116 cm³/mol. The Morgan fingerprint density at radius 3 is 2.37 bits per heavy atom. The summed E-state index contributed by atoms with van der Waals surface area (Å²) in [6.45, 7) is 5.93. The first-order valence-electron chi connectivity index (χ1n) is 9.57. The van der Waals surface area contributed by atoms with Crippen LogP contribution in [0.3, 0.4) is 0 Å². The van der Waals surface area contributed by atoms with Gasteiger partial charge < -0.3 is 15.0 Å². The molecule has 162 valence electrons. The molecule has 0 spiro atoms. The second kappa shape index (κ2) is 11.2. The zero-order valence-electron chi connectivity index (χ0n) is 17.1. The summed E-state index contributed by atoms with van der Waals surface area (Å²) in [6.07, 6.45) is 0. The number of halogens is 3. The third kappa shape index (κ3) is 7.18. The van der Waals surface area contributed by atoms with Crippen LogP contribution >= 0.6 is 23.2 Å². The average molecular weight is 455 g/mol. The summed E-state index contributed by atoms with van der Waals surface area (Å²) in [5, 5.41) is 3.56. The van der Waals surface area contributed by atoms with E-state index in [-0.39, 0.29) is 35.8 Å². The lowest BCUT2D eigenvalue weighted by Gasteiger charge is -2.29. The lowest BCUT2D eigenvalue weighted by Crippen LogP contribution is -2.49. The van der Waals surface area contributed by atoms with Crippen LogP contribution in [0.25, 0.3) is 0 Å². The molecule has 2 aromatic rings. The van der Waals surface area contributed by atoms with Gasteiger partial charge in [-0.05, 0) is 48.7 Å². The van der Waals surface area contributed by atoms with E-state index in [0.29, 0.717) is 22.9 Å². The second-order valence-corrected chi connectivity index (χ2v) is 8.17. The molecule has 0 unspecified atom stereocenters. The Kier molecular flexibility index (Phi) is 8.93. The highest BCUT2D eigenvalue weighted by atomic mass is 35.5. The molecule has 30 heavy (non-hydrogen) atoms. The summed E-state index contributed by atoms with van der Waals surface area (Å²) in [5.74, 6) is -0.466. The molecule has 1 atom stereocenters. The minimum atomic E-state index is -0.745. The number of carbonyl (C=O) groups excluding carboxylic acids is 2. The second-order valence-electron chi connectivity index (χ2n) is 7.33. The minimum absolute atomic E-state index is 0.132. The van der Waals surface area contributed by atoms with Crippen LogP contribution in [0.5, 0.6) is 5.75 Å². The molecule has 0 saturated heterocycles. The Balaban J connectivity index is 2.14. The summed E-state index contributed by atoms with van der Waals surface area (Å²) >= 11 is 12.0. The molecule has 0 aliphatic rings. The summed E-state index contributed by atoms with van der Waals surface area (Å²) in [5.41, 5.74) is 0.692. The van der Waals surface area contributed by atoms with Gasteiger partial charge in [-0.2, -0.15) is 0 Å². The SMILES string of the molecule is CC(C)CNC(=O)[C@H](C)N(Cc1ccc(F)cc1)C(=O)COc1ccc(Cl)cc1Cl. The summed E-state index contributed by atoms with van der Waals surface area (Å²) in [6, 6.07) is 9.71. The molecule has 2 aromatic carbocycles. The zero-order chi connectivity index (χ0) is 22.3. The summed E-state index contributed by atoms with van der Waals surface area (Å²) in [4.78, 5) is 26.9. The number of nitrogens with zero attached hydrogens (tertiary/aromatic N) is 1. The van der Waals surface area contributed by atoms with Crippen molar-refractivity contribution in [2.75, 3.05) is 13.2 Å². The molecule has 1 N–H and O–H groups in total. The van der Waals surface area contributed by atoms with E-state index in [2.05, 4.69) is 5.32 Å². The van der Waals surface area contributed by atoms with Crippen LogP contribution in [-0.4, -0.2) is 35.9 Å². The molecular weight excluding hydrogens is 430 g/mol. The highest BCUT2D eigenvalue weighted by molar-refractivity contribution is 6.35. The van der Waals surface area contributed by atoms with Crippen molar-refractivity contribution in [2.24, 2.45) is 5.92 Å². The molecular formula is C22H25Cl2FN2O3. The third-order valence-electron chi connectivity index (χ3n) is 4.36. The molecule has 0 fully saturated rings. The van der Waals surface area contributed by atoms with Crippen molar-refractivity contribution < 1.29 is 18.7 Å². The smallest absolute Gasteiger partial charge is 0.261 e. The zero-order valence-corrected chi connectivity index (χ0v) is 18.6. The van der Waals surface area contributed by atoms with Crippen molar-refractivity contribution in [3.05, 3.63) is 63.9 Å². The van der Waals surface area contributed by atoms with E-state index in [1.807, 2.05) is 13.8 Å². The molecule has 0 aliphatic carbocycles. The van der Waals surface area contributed by atoms with Crippen molar-refractivity contribution in [3.8, 4) is 5.75 Å². The van der Waals surface area contributed by atoms with Gasteiger partial charge in [-0.1, -0.05) is 49.2 Å². The monoisotopic (exact) mass is 454 g/mol. The Morgan fingerprint density at radius 2 is 1.77 bits per heavy atom. The van der Waals surface area contributed by atoms with Crippen LogP contribution in [0.4, 0.5) is 4.39 Å². The number of ether oxygens (including phenoxy) is 1. The standard InChI is InChI=1S/C22H25Cl2FN2O3/c1-14(2)11-26-22(29)15(3)27(12-16-4-7-18(25)8-5-16)21(28)13-30-20-9-6-17(23)10-19(20)24/h4-10,14-15H,11-13H2,1-3H3,(H,26,29)/t15-/m0/s1. The van der Waals surface area contributed by atoms with E-state index in [0.717, 1.165) is 0 Å². The van der Waals surface area contributed by atoms with Gasteiger partial charge in [0.1, 0.15) is 17.6 Å². The maximum atomic E-state index is 13.2. The molecule has 0 bridgehead atoms. The van der Waals surface area contributed by atoms with Crippen LogP contribution in [-0.2, 0) is 16.1 Å². The first-order valence-corrected chi connectivity index (χ1v) is 10.3. The first kappa shape index (κ1) is 24.0. The number of benzene rings is 2. The van der Waals surface area contributed by atoms with Gasteiger partial charge in [-0.15, -0.1) is 0 Å². The van der Waals surface area contributed by atoms with E-state index >= 15 is 0 Å². The van der Waals surface area contributed by atoms with E-state index in [4.69, 9.17) is 27.9 Å². The van der Waals surface area contributed by atoms with E-state index in [1.54, 1.807) is 31.2 Å². The molecule has 0 aromatic heterocycles. The number of hydrogen-bond acceptors (Lipinski definition) is 3. The highest BCUT2D eigenvalue weighted by Gasteiger charge is 2.26. The fourth-order valence-electron chi connectivity index (χ4n) is 2.64. The first-order chi connectivity index (χ1) is 14.2. The topological polar surface area (TPSA) is 58.6 Å². The average Bonchev–Trinajstić information content (AvgIpc) is 2.70. The van der Waals surface area contributed by atoms with E-state index < -0.39 is 11.9 Å². The molecule has 0 aliphatic heterocycles. The van der Waals surface area contributed by atoms with Crippen LogP contribution in [0.1, 0.15) is 26.3 Å². The van der Waals surface area contributed by atoms with Crippen LogP contribution in [0.15, 0.2) is 42.5 Å². The molecule has 0 radical (unpaired) electrons. The number of rotatable bonds is 9. The summed E-state index contributed by atoms with van der Waals surface area (Å²) in [7, 11) is 0. The van der Waals surface area contributed by atoms with E-state index in [9.17, 15) is 14.0 Å². The third-order valence-corrected chi connectivity index (χ3v) is 4.89. The fourth-order valence-corrected chi connectivity index (χ4v) is 3.10. The number of amides is 2. The van der Waals surface area contributed by atoms with Crippen molar-refractivity contribution >= 4 is 35.0 Å². The lowest BCUT2D eigenvalue weighted by atomic mass is 10.1. The molecule has 2 rings (SSSR count). The maximum absolute atomic E-state index is 13.2. The van der Waals surface area contributed by atoms with Gasteiger partial charge in [0.2, 0.25) is 5.91 Å². The van der Waals surface area contributed by atoms with Crippen LogP contribution in [0.2, 0.25) is 10.0 Å². The van der Waals surface area contributed by atoms with Crippen LogP contribution < -0.4 is 10.1 Å². The highest BCUT2D eigenvalue weighted by Crippen LogP contribution is 2.27. The Labute approximate surface area is 186 Å². The Bertz CT molecular complexity index is 875. The number of nitrogens with one attached hydrogen (secondary N) is 1. The molecule has 8 heteroatoms. The van der Waals surface area contributed by atoms with Crippen molar-refractivity contribution in [1.82, 2.24) is 10.2 Å². The molecule has 0 saturated carbocycles. The largest absolute Gasteiger partial charge is 0.482 e. The van der Waals surface area contributed by atoms with Gasteiger partial charge in [-0.25, -0.2) is 4.39 Å². The normalized spacial score (nSPS) is 11.8. The Morgan fingerprint density at radius 1 is 1.10 bits per heavy atom. The predicted octanol–water partition coefficient (Wildman–Crippen LogP) is 4.70. The molecule has 0 heterocycles.